The lowest BCUT2D eigenvalue weighted by atomic mass is 9.96. The second kappa shape index (κ2) is 12.8. The fourth-order valence-electron chi connectivity index (χ4n) is 4.47. The smallest absolute Gasteiger partial charge is 0.260 e. The van der Waals surface area contributed by atoms with Gasteiger partial charge in [-0.25, -0.2) is 13.1 Å². The SMILES string of the molecule is CC(C)CNS(=O)(=O)c1ccc(OCC(=O)N2CCN(C(c3ccccc3)c3ccccc3)CC2)c(Cl)c1. The zero-order valence-corrected chi connectivity index (χ0v) is 23.3. The lowest BCUT2D eigenvalue weighted by Gasteiger charge is -2.39. The van der Waals surface area contributed by atoms with Crippen molar-refractivity contribution >= 4 is 27.5 Å². The average Bonchev–Trinajstić information content (AvgIpc) is 2.93. The van der Waals surface area contributed by atoms with E-state index in [2.05, 4.69) is 58.2 Å². The maximum Gasteiger partial charge on any atom is 0.260 e. The van der Waals surface area contributed by atoms with E-state index in [4.69, 9.17) is 16.3 Å². The lowest BCUT2D eigenvalue weighted by Crippen LogP contribution is -2.51. The Morgan fingerprint density at radius 2 is 1.50 bits per heavy atom. The Morgan fingerprint density at radius 1 is 0.921 bits per heavy atom. The van der Waals surface area contributed by atoms with Crippen LogP contribution < -0.4 is 9.46 Å². The predicted molar refractivity (Wildman–Crippen MR) is 150 cm³/mol. The van der Waals surface area contributed by atoms with Gasteiger partial charge in [-0.1, -0.05) is 86.1 Å². The van der Waals surface area contributed by atoms with E-state index in [0.717, 1.165) is 13.1 Å². The zero-order valence-electron chi connectivity index (χ0n) is 21.7. The molecule has 1 fully saturated rings. The van der Waals surface area contributed by atoms with Crippen molar-refractivity contribution in [3.8, 4) is 5.75 Å². The first-order valence-corrected chi connectivity index (χ1v) is 14.6. The molecule has 1 aliphatic rings. The van der Waals surface area contributed by atoms with Crippen LogP contribution in [0.5, 0.6) is 5.75 Å². The number of halogens is 1. The highest BCUT2D eigenvalue weighted by atomic mass is 35.5. The van der Waals surface area contributed by atoms with E-state index in [1.807, 2.05) is 26.0 Å². The quantitative estimate of drug-likeness (QED) is 0.396. The number of benzene rings is 3. The molecule has 0 unspecified atom stereocenters. The number of rotatable bonds is 10. The number of carbonyl (C=O) groups excluding carboxylic acids is 1. The number of ether oxygens (including phenoxy) is 1. The largest absolute Gasteiger partial charge is 0.482 e. The standard InChI is InChI=1S/C29H34ClN3O4S/c1-22(2)20-31-38(35,36)25-13-14-27(26(30)19-25)37-21-28(34)32-15-17-33(18-16-32)29(23-9-5-3-6-10-23)24-11-7-4-8-12-24/h3-14,19,22,29,31H,15-18,20-21H2,1-2H3. The molecule has 9 heteroatoms. The maximum absolute atomic E-state index is 12.9. The molecule has 0 spiro atoms. The van der Waals surface area contributed by atoms with Crippen LogP contribution in [0.25, 0.3) is 0 Å². The van der Waals surface area contributed by atoms with Gasteiger partial charge in [0.2, 0.25) is 10.0 Å². The van der Waals surface area contributed by atoms with Gasteiger partial charge in [-0.15, -0.1) is 0 Å². The van der Waals surface area contributed by atoms with Crippen LogP contribution in [0.15, 0.2) is 83.8 Å². The molecule has 0 atom stereocenters. The van der Waals surface area contributed by atoms with E-state index in [9.17, 15) is 13.2 Å². The van der Waals surface area contributed by atoms with Gasteiger partial charge in [-0.2, -0.15) is 0 Å². The molecule has 1 aliphatic heterocycles. The summed E-state index contributed by atoms with van der Waals surface area (Å²) in [6, 6.07) is 25.2. The number of hydrogen-bond acceptors (Lipinski definition) is 5. The molecule has 0 saturated carbocycles. The molecule has 3 aromatic rings. The van der Waals surface area contributed by atoms with Gasteiger partial charge in [0.05, 0.1) is 16.0 Å². The first kappa shape index (κ1) is 28.1. The van der Waals surface area contributed by atoms with Crippen molar-refractivity contribution in [2.24, 2.45) is 5.92 Å². The third-order valence-corrected chi connectivity index (χ3v) is 8.23. The van der Waals surface area contributed by atoms with Crippen LogP contribution in [0.2, 0.25) is 5.02 Å². The lowest BCUT2D eigenvalue weighted by molar-refractivity contribution is -0.135. The highest BCUT2D eigenvalue weighted by Crippen LogP contribution is 2.30. The minimum atomic E-state index is -3.67. The van der Waals surface area contributed by atoms with Gasteiger partial charge in [-0.05, 0) is 35.2 Å². The molecule has 0 bridgehead atoms. The number of piperazine rings is 1. The molecule has 202 valence electrons. The minimum Gasteiger partial charge on any atom is -0.482 e. The van der Waals surface area contributed by atoms with E-state index in [1.165, 1.54) is 29.3 Å². The fraction of sp³-hybridized carbons (Fsp3) is 0.345. The first-order valence-electron chi connectivity index (χ1n) is 12.8. The fourth-order valence-corrected chi connectivity index (χ4v) is 6.01. The van der Waals surface area contributed by atoms with Gasteiger partial charge in [0.1, 0.15) is 5.75 Å². The van der Waals surface area contributed by atoms with Gasteiger partial charge in [0.25, 0.3) is 5.91 Å². The van der Waals surface area contributed by atoms with Gasteiger partial charge in [-0.3, -0.25) is 9.69 Å². The van der Waals surface area contributed by atoms with Gasteiger partial charge < -0.3 is 9.64 Å². The molecule has 1 heterocycles. The summed E-state index contributed by atoms with van der Waals surface area (Å²) < 4.78 is 33.1. The van der Waals surface area contributed by atoms with E-state index in [1.54, 1.807) is 4.90 Å². The predicted octanol–water partition coefficient (Wildman–Crippen LogP) is 4.59. The molecule has 0 radical (unpaired) electrons. The average molecular weight is 556 g/mol. The van der Waals surface area contributed by atoms with Crippen molar-refractivity contribution in [2.45, 2.75) is 24.8 Å². The minimum absolute atomic E-state index is 0.0596. The zero-order chi connectivity index (χ0) is 27.1. The number of nitrogens with zero attached hydrogens (tertiary/aromatic N) is 2. The number of carbonyl (C=O) groups is 1. The number of hydrogen-bond donors (Lipinski definition) is 1. The molecule has 0 aromatic heterocycles. The Kier molecular flexibility index (Phi) is 9.44. The Hall–Kier alpha value is -2.91. The summed E-state index contributed by atoms with van der Waals surface area (Å²) in [5.41, 5.74) is 2.45. The van der Waals surface area contributed by atoms with Crippen LogP contribution in [-0.4, -0.2) is 63.5 Å². The Labute approximate surface area is 230 Å². The molecule has 1 N–H and O–H groups in total. The third-order valence-electron chi connectivity index (χ3n) is 6.51. The number of nitrogens with one attached hydrogen (secondary N) is 1. The molecule has 7 nitrogen and oxygen atoms in total. The van der Waals surface area contributed by atoms with Crippen molar-refractivity contribution in [1.82, 2.24) is 14.5 Å². The molecule has 0 aliphatic carbocycles. The van der Waals surface area contributed by atoms with Crippen LogP contribution in [0.1, 0.15) is 31.0 Å². The molecular weight excluding hydrogens is 522 g/mol. The van der Waals surface area contributed by atoms with Gasteiger partial charge in [0, 0.05) is 32.7 Å². The van der Waals surface area contributed by atoms with Crippen LogP contribution in [0.3, 0.4) is 0 Å². The molecule has 1 amide bonds. The third kappa shape index (κ3) is 7.14. The summed E-state index contributed by atoms with van der Waals surface area (Å²) in [6.45, 7) is 6.65. The molecule has 1 saturated heterocycles. The summed E-state index contributed by atoms with van der Waals surface area (Å²) in [4.78, 5) is 17.2. The Bertz CT molecular complexity index is 1270. The number of amides is 1. The normalized spacial score (nSPS) is 14.7. The summed E-state index contributed by atoms with van der Waals surface area (Å²) in [6.07, 6.45) is 0. The van der Waals surface area contributed by atoms with Crippen LogP contribution in [0.4, 0.5) is 0 Å². The van der Waals surface area contributed by atoms with E-state index in [0.29, 0.717) is 19.6 Å². The molecule has 4 rings (SSSR count). The van der Waals surface area contributed by atoms with E-state index in [-0.39, 0.29) is 40.1 Å². The van der Waals surface area contributed by atoms with Crippen molar-refractivity contribution in [2.75, 3.05) is 39.3 Å². The Balaban J connectivity index is 1.34. The van der Waals surface area contributed by atoms with Gasteiger partial charge >= 0.3 is 0 Å². The maximum atomic E-state index is 12.9. The summed E-state index contributed by atoms with van der Waals surface area (Å²) in [5.74, 6) is 0.319. The molecule has 38 heavy (non-hydrogen) atoms. The molecular formula is C29H34ClN3O4S. The van der Waals surface area contributed by atoms with E-state index < -0.39 is 10.0 Å². The van der Waals surface area contributed by atoms with E-state index >= 15 is 0 Å². The van der Waals surface area contributed by atoms with Crippen LogP contribution >= 0.6 is 11.6 Å². The topological polar surface area (TPSA) is 78.9 Å². The highest BCUT2D eigenvalue weighted by molar-refractivity contribution is 7.89. The highest BCUT2D eigenvalue weighted by Gasteiger charge is 2.28. The summed E-state index contributed by atoms with van der Waals surface area (Å²) in [5, 5.41) is 0.142. The van der Waals surface area contributed by atoms with Crippen molar-refractivity contribution in [3.05, 3.63) is 95.0 Å². The van der Waals surface area contributed by atoms with Crippen LogP contribution in [-0.2, 0) is 14.8 Å². The number of sulfonamides is 1. The van der Waals surface area contributed by atoms with Crippen molar-refractivity contribution < 1.29 is 17.9 Å². The van der Waals surface area contributed by atoms with Gasteiger partial charge in [0.15, 0.2) is 6.61 Å². The van der Waals surface area contributed by atoms with Crippen LogP contribution in [0, 0.1) is 5.92 Å². The van der Waals surface area contributed by atoms with Crippen molar-refractivity contribution in [3.63, 3.8) is 0 Å². The second-order valence-electron chi connectivity index (χ2n) is 9.77. The first-order chi connectivity index (χ1) is 18.2. The second-order valence-corrected chi connectivity index (χ2v) is 11.9. The molecule has 3 aromatic carbocycles. The summed E-state index contributed by atoms with van der Waals surface area (Å²) >= 11 is 6.29. The summed E-state index contributed by atoms with van der Waals surface area (Å²) in [7, 11) is -3.67. The van der Waals surface area contributed by atoms with Crippen molar-refractivity contribution in [1.29, 1.82) is 0 Å². The monoisotopic (exact) mass is 555 g/mol. The Morgan fingerprint density at radius 3 is 2.03 bits per heavy atom.